The Morgan fingerprint density at radius 2 is 1.40 bits per heavy atom. The number of hydrogen-bond acceptors (Lipinski definition) is 5. The molecule has 0 spiro atoms. The second-order valence-corrected chi connectivity index (χ2v) is 10.9. The molecule has 0 radical (unpaired) electrons. The summed E-state index contributed by atoms with van der Waals surface area (Å²) in [4.78, 5) is 37.4. The molecule has 42 heavy (non-hydrogen) atoms. The summed E-state index contributed by atoms with van der Waals surface area (Å²) < 4.78 is 11.3. The van der Waals surface area contributed by atoms with Gasteiger partial charge in [0.05, 0.1) is 12.2 Å². The van der Waals surface area contributed by atoms with Gasteiger partial charge in [0, 0.05) is 23.7 Å². The largest absolute Gasteiger partial charge is 0.494 e. The summed E-state index contributed by atoms with van der Waals surface area (Å²) in [6, 6.07) is 21.3. The van der Waals surface area contributed by atoms with Crippen LogP contribution in [0.5, 0.6) is 11.5 Å². The molecule has 7 heteroatoms. The lowest BCUT2D eigenvalue weighted by Gasteiger charge is -2.11. The highest BCUT2D eigenvalue weighted by Gasteiger charge is 2.22. The number of hydrogen-bond donors (Lipinski definition) is 2. The first-order valence-corrected chi connectivity index (χ1v) is 15.2. The van der Waals surface area contributed by atoms with Gasteiger partial charge in [-0.2, -0.15) is 0 Å². The molecule has 3 aromatic carbocycles. The number of anilines is 1. The number of unbranched alkanes of at least 4 members (excludes halogenated alkanes) is 4. The summed E-state index contributed by atoms with van der Waals surface area (Å²) in [5.41, 5.74) is 2.72. The molecule has 0 bridgehead atoms. The van der Waals surface area contributed by atoms with Crippen LogP contribution in [-0.2, 0) is 11.2 Å². The zero-order chi connectivity index (χ0) is 29.6. The van der Waals surface area contributed by atoms with Crippen molar-refractivity contribution < 1.29 is 23.9 Å². The van der Waals surface area contributed by atoms with Crippen LogP contribution in [0.1, 0.15) is 91.0 Å². The summed E-state index contributed by atoms with van der Waals surface area (Å²) in [7, 11) is 0. The Morgan fingerprint density at radius 1 is 0.762 bits per heavy atom. The van der Waals surface area contributed by atoms with E-state index in [4.69, 9.17) is 9.47 Å². The summed E-state index contributed by atoms with van der Waals surface area (Å²) in [6.07, 6.45) is 10.7. The molecule has 0 unspecified atom stereocenters. The molecule has 222 valence electrons. The van der Waals surface area contributed by atoms with Crippen molar-refractivity contribution >= 4 is 23.5 Å². The van der Waals surface area contributed by atoms with E-state index < -0.39 is 5.97 Å². The number of esters is 1. The van der Waals surface area contributed by atoms with E-state index in [0.717, 1.165) is 43.4 Å². The lowest BCUT2D eigenvalue weighted by atomic mass is 10.1. The quantitative estimate of drug-likeness (QED) is 0.113. The summed E-state index contributed by atoms with van der Waals surface area (Å²) in [6.45, 7) is 3.34. The standard InChI is InChI=1S/C35H42N2O5/c1-2-3-4-5-8-25-41-31-21-15-29(16-22-31)35(40)42-32-19-11-26(12-20-32)23-24-36-33(38)28-13-17-30(18-14-28)37-34(39)27-9-6-7-10-27/h11-22,27H,2-10,23-25H2,1H3,(H,36,38)(H,37,39). The van der Waals surface area contributed by atoms with Crippen LogP contribution >= 0.6 is 0 Å². The predicted molar refractivity (Wildman–Crippen MR) is 165 cm³/mol. The second-order valence-electron chi connectivity index (χ2n) is 10.9. The van der Waals surface area contributed by atoms with Crippen molar-refractivity contribution in [1.29, 1.82) is 0 Å². The van der Waals surface area contributed by atoms with Gasteiger partial charge in [-0.05, 0) is 91.9 Å². The Bertz CT molecular complexity index is 1280. The minimum Gasteiger partial charge on any atom is -0.494 e. The third kappa shape index (κ3) is 9.75. The Kier molecular flexibility index (Phi) is 12.0. The summed E-state index contributed by atoms with van der Waals surface area (Å²) >= 11 is 0. The van der Waals surface area contributed by atoms with E-state index in [1.54, 1.807) is 60.7 Å². The number of amides is 2. The maximum absolute atomic E-state index is 12.6. The minimum absolute atomic E-state index is 0.0633. The molecule has 3 aromatic rings. The SMILES string of the molecule is CCCCCCCOc1ccc(C(=O)Oc2ccc(CCNC(=O)c3ccc(NC(=O)C4CCCC4)cc3)cc2)cc1. The van der Waals surface area contributed by atoms with E-state index in [-0.39, 0.29) is 17.7 Å². The Hall–Kier alpha value is -4.13. The minimum atomic E-state index is -0.426. The number of carbonyl (C=O) groups is 3. The van der Waals surface area contributed by atoms with E-state index in [1.165, 1.54) is 25.7 Å². The van der Waals surface area contributed by atoms with Crippen molar-refractivity contribution in [3.05, 3.63) is 89.5 Å². The number of carbonyl (C=O) groups excluding carboxylic acids is 3. The van der Waals surface area contributed by atoms with Crippen molar-refractivity contribution in [3.8, 4) is 11.5 Å². The maximum Gasteiger partial charge on any atom is 0.343 e. The van der Waals surface area contributed by atoms with Gasteiger partial charge in [-0.15, -0.1) is 0 Å². The Morgan fingerprint density at radius 3 is 2.10 bits per heavy atom. The first kappa shape index (κ1) is 30.8. The lowest BCUT2D eigenvalue weighted by Crippen LogP contribution is -2.25. The van der Waals surface area contributed by atoms with Crippen molar-refractivity contribution in [3.63, 3.8) is 0 Å². The van der Waals surface area contributed by atoms with Crippen molar-refractivity contribution in [1.82, 2.24) is 5.32 Å². The average molecular weight is 571 g/mol. The van der Waals surface area contributed by atoms with Gasteiger partial charge in [-0.1, -0.05) is 57.6 Å². The molecule has 0 atom stereocenters. The molecule has 0 heterocycles. The summed E-state index contributed by atoms with van der Waals surface area (Å²) in [5, 5.41) is 5.88. The van der Waals surface area contributed by atoms with Gasteiger partial charge >= 0.3 is 5.97 Å². The molecular formula is C35H42N2O5. The highest BCUT2D eigenvalue weighted by Crippen LogP contribution is 2.26. The smallest absolute Gasteiger partial charge is 0.343 e. The molecule has 0 aliphatic heterocycles. The van der Waals surface area contributed by atoms with Crippen molar-refractivity contribution in [2.45, 2.75) is 71.1 Å². The zero-order valence-corrected chi connectivity index (χ0v) is 24.5. The van der Waals surface area contributed by atoms with Crippen molar-refractivity contribution in [2.75, 3.05) is 18.5 Å². The van der Waals surface area contributed by atoms with Crippen LogP contribution in [0.3, 0.4) is 0 Å². The van der Waals surface area contributed by atoms with Crippen LogP contribution in [0.4, 0.5) is 5.69 Å². The molecular weight excluding hydrogens is 528 g/mol. The fraction of sp³-hybridized carbons (Fsp3) is 0.400. The second kappa shape index (κ2) is 16.3. The normalized spacial score (nSPS) is 13.0. The van der Waals surface area contributed by atoms with Crippen molar-refractivity contribution in [2.24, 2.45) is 5.92 Å². The Labute approximate surface area is 249 Å². The topological polar surface area (TPSA) is 93.7 Å². The molecule has 2 amide bonds. The summed E-state index contributed by atoms with van der Waals surface area (Å²) in [5.74, 6) is 0.774. The highest BCUT2D eigenvalue weighted by molar-refractivity contribution is 5.96. The molecule has 1 aliphatic carbocycles. The Balaban J connectivity index is 1.15. The molecule has 0 saturated heterocycles. The van der Waals surface area contributed by atoms with Crippen LogP contribution in [-0.4, -0.2) is 30.9 Å². The molecule has 1 fully saturated rings. The zero-order valence-electron chi connectivity index (χ0n) is 24.5. The number of ether oxygens (including phenoxy) is 2. The maximum atomic E-state index is 12.6. The van der Waals surface area contributed by atoms with Crippen LogP contribution in [0.15, 0.2) is 72.8 Å². The van der Waals surface area contributed by atoms with Gasteiger partial charge < -0.3 is 20.1 Å². The fourth-order valence-corrected chi connectivity index (χ4v) is 5.03. The van der Waals surface area contributed by atoms with Gasteiger partial charge in [0.1, 0.15) is 11.5 Å². The molecule has 2 N–H and O–H groups in total. The molecule has 1 aliphatic rings. The van der Waals surface area contributed by atoms with Gasteiger partial charge in [0.25, 0.3) is 5.91 Å². The van der Waals surface area contributed by atoms with Gasteiger partial charge in [0.2, 0.25) is 5.91 Å². The predicted octanol–water partition coefficient (Wildman–Crippen LogP) is 7.36. The van der Waals surface area contributed by atoms with E-state index >= 15 is 0 Å². The van der Waals surface area contributed by atoms with E-state index in [1.807, 2.05) is 12.1 Å². The number of nitrogens with one attached hydrogen (secondary N) is 2. The monoisotopic (exact) mass is 570 g/mol. The third-order valence-corrected chi connectivity index (χ3v) is 7.58. The van der Waals surface area contributed by atoms with E-state index in [9.17, 15) is 14.4 Å². The first-order valence-electron chi connectivity index (χ1n) is 15.2. The molecule has 7 nitrogen and oxygen atoms in total. The van der Waals surface area contributed by atoms with Crippen LogP contribution in [0, 0.1) is 5.92 Å². The van der Waals surface area contributed by atoms with E-state index in [2.05, 4.69) is 17.6 Å². The fourth-order valence-electron chi connectivity index (χ4n) is 5.03. The van der Waals surface area contributed by atoms with Gasteiger partial charge in [-0.25, -0.2) is 4.79 Å². The first-order chi connectivity index (χ1) is 20.5. The highest BCUT2D eigenvalue weighted by atomic mass is 16.5. The third-order valence-electron chi connectivity index (χ3n) is 7.58. The van der Waals surface area contributed by atoms with Gasteiger partial charge in [-0.3, -0.25) is 9.59 Å². The van der Waals surface area contributed by atoms with Crippen LogP contribution in [0.25, 0.3) is 0 Å². The van der Waals surface area contributed by atoms with Crippen LogP contribution in [0.2, 0.25) is 0 Å². The van der Waals surface area contributed by atoms with E-state index in [0.29, 0.717) is 42.1 Å². The number of rotatable bonds is 15. The average Bonchev–Trinajstić information content (AvgIpc) is 3.56. The molecule has 4 rings (SSSR count). The van der Waals surface area contributed by atoms with Gasteiger partial charge in [0.15, 0.2) is 0 Å². The lowest BCUT2D eigenvalue weighted by molar-refractivity contribution is -0.119. The molecule has 1 saturated carbocycles. The molecule has 0 aromatic heterocycles. The number of benzene rings is 3. The van der Waals surface area contributed by atoms with Crippen LogP contribution < -0.4 is 20.1 Å².